The SMILES string of the molecule is Cc1cnc([C@@H](C)NC(=O)c2c(F)cccc2F)[nH]1. The Morgan fingerprint density at radius 2 is 2.00 bits per heavy atom. The van der Waals surface area contributed by atoms with Gasteiger partial charge in [0.15, 0.2) is 0 Å². The molecule has 1 aromatic carbocycles. The molecule has 1 atom stereocenters. The maximum absolute atomic E-state index is 13.4. The minimum absolute atomic E-state index is 0.472. The van der Waals surface area contributed by atoms with E-state index in [9.17, 15) is 13.6 Å². The van der Waals surface area contributed by atoms with Gasteiger partial charge in [-0.1, -0.05) is 6.07 Å². The first-order valence-electron chi connectivity index (χ1n) is 5.75. The molecule has 19 heavy (non-hydrogen) atoms. The van der Waals surface area contributed by atoms with Crippen LogP contribution in [0.2, 0.25) is 0 Å². The minimum atomic E-state index is -0.889. The number of H-pyrrole nitrogens is 1. The molecule has 1 aromatic heterocycles. The van der Waals surface area contributed by atoms with Crippen molar-refractivity contribution in [2.45, 2.75) is 19.9 Å². The number of carbonyl (C=O) groups excluding carboxylic acids is 1. The monoisotopic (exact) mass is 265 g/mol. The van der Waals surface area contributed by atoms with E-state index in [0.717, 1.165) is 17.8 Å². The van der Waals surface area contributed by atoms with E-state index >= 15 is 0 Å². The first-order valence-corrected chi connectivity index (χ1v) is 5.75. The summed E-state index contributed by atoms with van der Waals surface area (Å²) < 4.78 is 26.9. The summed E-state index contributed by atoms with van der Waals surface area (Å²) in [5.41, 5.74) is 0.255. The molecule has 0 spiro atoms. The molecule has 0 fully saturated rings. The molecule has 0 aliphatic rings. The van der Waals surface area contributed by atoms with Gasteiger partial charge in [-0.2, -0.15) is 0 Å². The average Bonchev–Trinajstić information content (AvgIpc) is 2.75. The molecule has 0 aliphatic heterocycles. The second-order valence-corrected chi connectivity index (χ2v) is 4.24. The molecule has 100 valence electrons. The summed E-state index contributed by atoms with van der Waals surface area (Å²) in [6.45, 7) is 3.50. The average molecular weight is 265 g/mol. The molecule has 0 saturated carbocycles. The van der Waals surface area contributed by atoms with Gasteiger partial charge in [0.1, 0.15) is 23.0 Å². The summed E-state index contributed by atoms with van der Waals surface area (Å²) in [7, 11) is 0. The zero-order chi connectivity index (χ0) is 14.0. The van der Waals surface area contributed by atoms with Crippen LogP contribution in [-0.4, -0.2) is 15.9 Å². The van der Waals surface area contributed by atoms with Crippen molar-refractivity contribution in [3.8, 4) is 0 Å². The van der Waals surface area contributed by atoms with E-state index in [2.05, 4.69) is 15.3 Å². The lowest BCUT2D eigenvalue weighted by Crippen LogP contribution is -2.29. The molecule has 0 bridgehead atoms. The zero-order valence-corrected chi connectivity index (χ0v) is 10.5. The number of carbonyl (C=O) groups is 1. The van der Waals surface area contributed by atoms with Gasteiger partial charge in [-0.3, -0.25) is 4.79 Å². The maximum Gasteiger partial charge on any atom is 0.257 e. The van der Waals surface area contributed by atoms with Crippen LogP contribution in [0, 0.1) is 18.6 Å². The first-order chi connectivity index (χ1) is 8.99. The van der Waals surface area contributed by atoms with E-state index in [1.807, 2.05) is 6.92 Å². The van der Waals surface area contributed by atoms with E-state index in [1.54, 1.807) is 13.1 Å². The van der Waals surface area contributed by atoms with Gasteiger partial charge in [-0.15, -0.1) is 0 Å². The molecule has 0 saturated heterocycles. The lowest BCUT2D eigenvalue weighted by Gasteiger charge is -2.12. The van der Waals surface area contributed by atoms with Crippen LogP contribution in [0.3, 0.4) is 0 Å². The summed E-state index contributed by atoms with van der Waals surface area (Å²) in [6.07, 6.45) is 1.61. The van der Waals surface area contributed by atoms with Gasteiger partial charge in [0, 0.05) is 11.9 Å². The number of aryl methyl sites for hydroxylation is 1. The summed E-state index contributed by atoms with van der Waals surface area (Å²) in [5, 5.41) is 2.49. The van der Waals surface area contributed by atoms with Gasteiger partial charge in [0.25, 0.3) is 5.91 Å². The van der Waals surface area contributed by atoms with Crippen molar-refractivity contribution in [1.29, 1.82) is 0 Å². The van der Waals surface area contributed by atoms with Crippen molar-refractivity contribution in [2.24, 2.45) is 0 Å². The highest BCUT2D eigenvalue weighted by Crippen LogP contribution is 2.14. The van der Waals surface area contributed by atoms with Crippen LogP contribution in [-0.2, 0) is 0 Å². The number of imidazole rings is 1. The number of nitrogens with zero attached hydrogens (tertiary/aromatic N) is 1. The molecular weight excluding hydrogens is 252 g/mol. The second kappa shape index (κ2) is 5.17. The largest absolute Gasteiger partial charge is 0.344 e. The van der Waals surface area contributed by atoms with Gasteiger partial charge < -0.3 is 10.3 Å². The van der Waals surface area contributed by atoms with Crippen LogP contribution in [0.4, 0.5) is 8.78 Å². The lowest BCUT2D eigenvalue weighted by atomic mass is 10.1. The number of benzene rings is 1. The van der Waals surface area contributed by atoms with Crippen LogP contribution >= 0.6 is 0 Å². The van der Waals surface area contributed by atoms with Crippen LogP contribution in [0.1, 0.15) is 34.8 Å². The van der Waals surface area contributed by atoms with Gasteiger partial charge >= 0.3 is 0 Å². The van der Waals surface area contributed by atoms with Crippen LogP contribution < -0.4 is 5.32 Å². The molecule has 2 rings (SSSR count). The van der Waals surface area contributed by atoms with E-state index in [-0.39, 0.29) is 0 Å². The van der Waals surface area contributed by atoms with Crippen molar-refractivity contribution in [3.63, 3.8) is 0 Å². The summed E-state index contributed by atoms with van der Waals surface area (Å²) in [5.74, 6) is -2.06. The summed E-state index contributed by atoms with van der Waals surface area (Å²) >= 11 is 0. The van der Waals surface area contributed by atoms with Crippen molar-refractivity contribution in [2.75, 3.05) is 0 Å². The predicted molar refractivity (Wildman–Crippen MR) is 65.6 cm³/mol. The Morgan fingerprint density at radius 3 is 2.53 bits per heavy atom. The maximum atomic E-state index is 13.4. The van der Waals surface area contributed by atoms with Gasteiger partial charge in [-0.25, -0.2) is 13.8 Å². The second-order valence-electron chi connectivity index (χ2n) is 4.24. The highest BCUT2D eigenvalue weighted by Gasteiger charge is 2.20. The highest BCUT2D eigenvalue weighted by molar-refractivity contribution is 5.94. The fraction of sp³-hybridized carbons (Fsp3) is 0.231. The third-order valence-electron chi connectivity index (χ3n) is 2.67. The fourth-order valence-electron chi connectivity index (χ4n) is 1.70. The topological polar surface area (TPSA) is 57.8 Å². The molecule has 4 nitrogen and oxygen atoms in total. The highest BCUT2D eigenvalue weighted by atomic mass is 19.1. The van der Waals surface area contributed by atoms with Crippen molar-refractivity contribution in [3.05, 3.63) is 53.1 Å². The van der Waals surface area contributed by atoms with E-state index in [1.165, 1.54) is 6.07 Å². The molecule has 0 unspecified atom stereocenters. The van der Waals surface area contributed by atoms with Gasteiger partial charge in [0.2, 0.25) is 0 Å². The molecule has 6 heteroatoms. The van der Waals surface area contributed by atoms with Crippen molar-refractivity contribution < 1.29 is 13.6 Å². The van der Waals surface area contributed by atoms with Crippen LogP contribution in [0.25, 0.3) is 0 Å². The quantitative estimate of drug-likeness (QED) is 0.895. The number of hydrogen-bond acceptors (Lipinski definition) is 2. The normalized spacial score (nSPS) is 12.2. The molecule has 0 radical (unpaired) electrons. The minimum Gasteiger partial charge on any atom is -0.344 e. The predicted octanol–water partition coefficient (Wildman–Crippen LogP) is 2.49. The molecule has 1 heterocycles. The molecular formula is C13H13F2N3O. The summed E-state index contributed by atoms with van der Waals surface area (Å²) in [4.78, 5) is 18.8. The van der Waals surface area contributed by atoms with Crippen LogP contribution in [0.15, 0.2) is 24.4 Å². The zero-order valence-electron chi connectivity index (χ0n) is 10.5. The smallest absolute Gasteiger partial charge is 0.257 e. The number of aromatic amines is 1. The standard InChI is InChI=1S/C13H13F2N3O/c1-7-6-16-12(17-7)8(2)18-13(19)11-9(14)4-3-5-10(11)15/h3-6,8H,1-2H3,(H,16,17)(H,18,19)/t8-/m1/s1. The number of nitrogens with one attached hydrogen (secondary N) is 2. The first kappa shape index (κ1) is 13.2. The molecule has 1 amide bonds. The Kier molecular flexibility index (Phi) is 3.59. The van der Waals surface area contributed by atoms with E-state index in [0.29, 0.717) is 5.82 Å². The third kappa shape index (κ3) is 2.78. The summed E-state index contributed by atoms with van der Waals surface area (Å²) in [6, 6.07) is 2.82. The number of hydrogen-bond donors (Lipinski definition) is 2. The Bertz CT molecular complexity index is 589. The number of amides is 1. The van der Waals surface area contributed by atoms with Gasteiger partial charge in [0.05, 0.1) is 6.04 Å². The lowest BCUT2D eigenvalue weighted by molar-refractivity contribution is 0.0930. The Balaban J connectivity index is 2.17. The van der Waals surface area contributed by atoms with Gasteiger partial charge in [-0.05, 0) is 26.0 Å². The molecule has 2 N–H and O–H groups in total. The third-order valence-corrected chi connectivity index (χ3v) is 2.67. The Morgan fingerprint density at radius 1 is 1.37 bits per heavy atom. The van der Waals surface area contributed by atoms with E-state index < -0.39 is 29.1 Å². The van der Waals surface area contributed by atoms with Crippen molar-refractivity contribution in [1.82, 2.24) is 15.3 Å². The van der Waals surface area contributed by atoms with Crippen LogP contribution in [0.5, 0.6) is 0 Å². The number of aromatic nitrogens is 2. The Labute approximate surface area is 108 Å². The fourth-order valence-corrected chi connectivity index (χ4v) is 1.70. The Hall–Kier alpha value is -2.24. The van der Waals surface area contributed by atoms with Crippen molar-refractivity contribution >= 4 is 5.91 Å². The number of rotatable bonds is 3. The van der Waals surface area contributed by atoms with E-state index in [4.69, 9.17) is 0 Å². The molecule has 0 aliphatic carbocycles. The number of halogens is 2. The molecule has 2 aromatic rings.